The molecule has 2 aromatic carbocycles. The van der Waals surface area contributed by atoms with Crippen LogP contribution in [0.2, 0.25) is 0 Å². The Balaban J connectivity index is 1.31. The van der Waals surface area contributed by atoms with Gasteiger partial charge < -0.3 is 20.3 Å². The first-order valence-corrected chi connectivity index (χ1v) is 13.0. The second-order valence-corrected chi connectivity index (χ2v) is 9.71. The summed E-state index contributed by atoms with van der Waals surface area (Å²) < 4.78 is 1.87. The molecule has 0 fully saturated rings. The van der Waals surface area contributed by atoms with Crippen LogP contribution in [0.3, 0.4) is 0 Å². The summed E-state index contributed by atoms with van der Waals surface area (Å²) in [7, 11) is 0. The Labute approximate surface area is 237 Å². The molecule has 0 radical (unpaired) electrons. The van der Waals surface area contributed by atoms with E-state index in [2.05, 4.69) is 30.6 Å². The fraction of sp³-hybridized carbons (Fsp3) is 0.161. The number of Topliss-reactive ketones (excluding diaryl/α,β-unsaturated/α-hetero) is 1. The van der Waals surface area contributed by atoms with E-state index in [1.165, 1.54) is 0 Å². The number of hydrogen-bond acceptors (Lipinski definition) is 8. The number of imidazole rings is 1. The molecule has 0 atom stereocenters. The van der Waals surface area contributed by atoms with Gasteiger partial charge in [-0.25, -0.2) is 15.0 Å². The highest BCUT2D eigenvalue weighted by molar-refractivity contribution is 5.98. The predicted molar refractivity (Wildman–Crippen MR) is 155 cm³/mol. The van der Waals surface area contributed by atoms with Gasteiger partial charge in [0.1, 0.15) is 0 Å². The second kappa shape index (κ2) is 12.3. The summed E-state index contributed by atoms with van der Waals surface area (Å²) in [6.45, 7) is 4.16. The van der Waals surface area contributed by atoms with Crippen LogP contribution in [0.4, 0.5) is 11.6 Å². The van der Waals surface area contributed by atoms with E-state index in [1.807, 2.05) is 79.2 Å². The number of carboxylic acid groups (broad SMARTS) is 1. The van der Waals surface area contributed by atoms with E-state index in [-0.39, 0.29) is 18.7 Å². The Kier molecular flexibility index (Phi) is 8.21. The molecule has 10 nitrogen and oxygen atoms in total. The van der Waals surface area contributed by atoms with Crippen molar-refractivity contribution in [2.75, 3.05) is 11.9 Å². The van der Waals surface area contributed by atoms with Gasteiger partial charge in [0.25, 0.3) is 0 Å². The first-order chi connectivity index (χ1) is 19.8. The number of rotatable bonds is 11. The van der Waals surface area contributed by atoms with Crippen molar-refractivity contribution in [3.05, 3.63) is 114 Å². The quantitative estimate of drug-likeness (QED) is 0.201. The van der Waals surface area contributed by atoms with Crippen LogP contribution in [0.1, 0.15) is 32.7 Å². The molecular formula is C31H29N7O3. The van der Waals surface area contributed by atoms with E-state index >= 15 is 0 Å². The van der Waals surface area contributed by atoms with E-state index in [9.17, 15) is 9.59 Å². The Bertz CT molecular complexity index is 1700. The summed E-state index contributed by atoms with van der Waals surface area (Å²) in [6, 6.07) is 17.2. The van der Waals surface area contributed by atoms with Gasteiger partial charge in [-0.2, -0.15) is 0 Å². The number of carbonyl (C=O) groups excluding carboxylic acids is 1. The van der Waals surface area contributed by atoms with Crippen molar-refractivity contribution in [2.24, 2.45) is 0 Å². The average molecular weight is 548 g/mol. The molecule has 3 aromatic heterocycles. The monoisotopic (exact) mass is 547 g/mol. The van der Waals surface area contributed by atoms with Crippen molar-refractivity contribution in [3.8, 4) is 16.9 Å². The molecule has 0 aliphatic heterocycles. The van der Waals surface area contributed by atoms with Gasteiger partial charge in [0, 0.05) is 60.3 Å². The summed E-state index contributed by atoms with van der Waals surface area (Å²) in [5.41, 5.74) is 7.43. The van der Waals surface area contributed by atoms with Crippen LogP contribution in [0.5, 0.6) is 0 Å². The molecule has 0 amide bonds. The highest BCUT2D eigenvalue weighted by atomic mass is 16.4. The lowest BCUT2D eigenvalue weighted by Gasteiger charge is -2.12. The van der Waals surface area contributed by atoms with Gasteiger partial charge >= 0.3 is 5.97 Å². The Morgan fingerprint density at radius 1 is 1.00 bits per heavy atom. The zero-order valence-electron chi connectivity index (χ0n) is 22.7. The lowest BCUT2D eigenvalue weighted by molar-refractivity contribution is -0.136. The molecular weight excluding hydrogens is 518 g/mol. The van der Waals surface area contributed by atoms with E-state index in [0.29, 0.717) is 18.1 Å². The standard InChI is InChI=1S/C31H29N7O3/c1-20-10-22(12-26(11-20)38-18-25(35-19-38)16-33-17-30(40)41)13-29(39)23-6-5-21(2)28(14-23)37-31-34-9-7-27(36-31)24-4-3-8-32-15-24/h3-12,14-15,18-19,33H,13,16-17H2,1-2H3,(H,40,41)(H,34,36,37). The number of aromatic nitrogens is 5. The third kappa shape index (κ3) is 7.06. The van der Waals surface area contributed by atoms with Crippen LogP contribution in [0.25, 0.3) is 16.9 Å². The number of carbonyl (C=O) groups is 2. The zero-order valence-corrected chi connectivity index (χ0v) is 22.7. The molecule has 0 saturated carbocycles. The lowest BCUT2D eigenvalue weighted by atomic mass is 9.99. The van der Waals surface area contributed by atoms with Crippen LogP contribution in [-0.4, -0.2) is 47.9 Å². The summed E-state index contributed by atoms with van der Waals surface area (Å²) in [4.78, 5) is 41.6. The molecule has 0 unspecified atom stereocenters. The molecule has 10 heteroatoms. The number of aliphatic carboxylic acids is 1. The normalized spacial score (nSPS) is 10.9. The van der Waals surface area contributed by atoms with E-state index in [1.54, 1.807) is 24.9 Å². The van der Waals surface area contributed by atoms with Crippen molar-refractivity contribution in [1.29, 1.82) is 0 Å². The number of aryl methyl sites for hydroxylation is 2. The van der Waals surface area contributed by atoms with Gasteiger partial charge in [0.05, 0.1) is 24.3 Å². The summed E-state index contributed by atoms with van der Waals surface area (Å²) in [6.07, 6.45) is 8.91. The second-order valence-electron chi connectivity index (χ2n) is 9.71. The van der Waals surface area contributed by atoms with Gasteiger partial charge in [-0.1, -0.05) is 18.2 Å². The summed E-state index contributed by atoms with van der Waals surface area (Å²) in [5, 5.41) is 14.9. The number of benzene rings is 2. The van der Waals surface area contributed by atoms with Crippen LogP contribution in [0.15, 0.2) is 85.7 Å². The fourth-order valence-electron chi connectivity index (χ4n) is 4.42. The third-order valence-electron chi connectivity index (χ3n) is 6.42. The minimum Gasteiger partial charge on any atom is -0.480 e. The number of nitrogens with zero attached hydrogens (tertiary/aromatic N) is 5. The molecule has 0 bridgehead atoms. The topological polar surface area (TPSA) is 135 Å². The van der Waals surface area contributed by atoms with E-state index in [4.69, 9.17) is 5.11 Å². The van der Waals surface area contributed by atoms with Gasteiger partial charge in [0.2, 0.25) is 5.95 Å². The highest BCUT2D eigenvalue weighted by Crippen LogP contribution is 2.24. The molecule has 0 aliphatic rings. The van der Waals surface area contributed by atoms with Crippen molar-refractivity contribution < 1.29 is 14.7 Å². The molecule has 206 valence electrons. The molecule has 5 rings (SSSR count). The molecule has 41 heavy (non-hydrogen) atoms. The Hall–Kier alpha value is -5.22. The molecule has 0 spiro atoms. The van der Waals surface area contributed by atoms with Gasteiger partial charge in [0.15, 0.2) is 5.78 Å². The Morgan fingerprint density at radius 2 is 1.88 bits per heavy atom. The third-order valence-corrected chi connectivity index (χ3v) is 6.42. The average Bonchev–Trinajstić information content (AvgIpc) is 3.43. The van der Waals surface area contributed by atoms with Crippen LogP contribution in [0, 0.1) is 13.8 Å². The number of hydrogen-bond donors (Lipinski definition) is 3. The fourth-order valence-corrected chi connectivity index (χ4v) is 4.42. The number of anilines is 2. The zero-order chi connectivity index (χ0) is 28.8. The minimum absolute atomic E-state index is 0.0150. The first kappa shape index (κ1) is 27.4. The van der Waals surface area contributed by atoms with Crippen molar-refractivity contribution in [2.45, 2.75) is 26.8 Å². The molecule has 3 heterocycles. The van der Waals surface area contributed by atoms with Gasteiger partial charge in [-0.05, 0) is 66.9 Å². The van der Waals surface area contributed by atoms with Crippen molar-refractivity contribution >= 4 is 23.4 Å². The lowest BCUT2D eigenvalue weighted by Crippen LogP contribution is -2.21. The summed E-state index contributed by atoms with van der Waals surface area (Å²) in [5.74, 6) is -0.503. The van der Waals surface area contributed by atoms with Crippen molar-refractivity contribution in [3.63, 3.8) is 0 Å². The maximum absolute atomic E-state index is 13.4. The molecule has 5 aromatic rings. The summed E-state index contributed by atoms with van der Waals surface area (Å²) >= 11 is 0. The van der Waals surface area contributed by atoms with Crippen LogP contribution in [-0.2, 0) is 17.8 Å². The van der Waals surface area contributed by atoms with Crippen molar-refractivity contribution in [1.82, 2.24) is 29.8 Å². The smallest absolute Gasteiger partial charge is 0.317 e. The first-order valence-electron chi connectivity index (χ1n) is 13.0. The maximum atomic E-state index is 13.4. The van der Waals surface area contributed by atoms with E-state index < -0.39 is 5.97 Å². The molecule has 0 saturated heterocycles. The number of pyridine rings is 1. The van der Waals surface area contributed by atoms with E-state index in [0.717, 1.165) is 45.0 Å². The molecule has 0 aliphatic carbocycles. The number of nitrogens with one attached hydrogen (secondary N) is 2. The number of carboxylic acids is 1. The molecule has 3 N–H and O–H groups in total. The number of ketones is 1. The van der Waals surface area contributed by atoms with Crippen LogP contribution < -0.4 is 10.6 Å². The SMILES string of the molecule is Cc1cc(CC(=O)c2ccc(C)c(Nc3nccc(-c4cccnc4)n3)c2)cc(-n2cnc(CNCC(=O)O)c2)c1. The van der Waals surface area contributed by atoms with Crippen LogP contribution >= 0.6 is 0 Å². The predicted octanol–water partition coefficient (Wildman–Crippen LogP) is 4.68. The Morgan fingerprint density at radius 3 is 2.68 bits per heavy atom. The largest absolute Gasteiger partial charge is 0.480 e. The highest BCUT2D eigenvalue weighted by Gasteiger charge is 2.13. The van der Waals surface area contributed by atoms with Gasteiger partial charge in [-0.15, -0.1) is 0 Å². The van der Waals surface area contributed by atoms with Gasteiger partial charge in [-0.3, -0.25) is 14.6 Å². The maximum Gasteiger partial charge on any atom is 0.317 e. The minimum atomic E-state index is -0.919.